The van der Waals surface area contributed by atoms with E-state index >= 15 is 0 Å². The number of methoxy groups -OCH3 is 1. The largest absolute Gasteiger partial charge is 0.497 e. The number of nitrogens with one attached hydrogen (secondary N) is 2. The molecule has 3 aromatic carbocycles. The van der Waals surface area contributed by atoms with E-state index in [-0.39, 0.29) is 12.2 Å². The van der Waals surface area contributed by atoms with Gasteiger partial charge in [0.25, 0.3) is 5.91 Å². The Morgan fingerprint density at radius 3 is 2.33 bits per heavy atom. The molecule has 0 aliphatic rings. The number of ether oxygens (including phenoxy) is 2. The van der Waals surface area contributed by atoms with Gasteiger partial charge in [0.1, 0.15) is 23.9 Å². The Hall–Kier alpha value is -4.86. The highest BCUT2D eigenvalue weighted by Gasteiger charge is 2.20. The van der Waals surface area contributed by atoms with Crippen LogP contribution in [0.15, 0.2) is 79.0 Å². The van der Waals surface area contributed by atoms with Crippen molar-refractivity contribution in [2.75, 3.05) is 30.5 Å². The first-order valence-electron chi connectivity index (χ1n) is 12.1. The third kappa shape index (κ3) is 6.72. The molecule has 1 amide bonds. The Bertz CT molecular complexity index is 1450. The van der Waals surface area contributed by atoms with Crippen molar-refractivity contribution in [1.29, 1.82) is 0 Å². The maximum Gasteiger partial charge on any atom is 0.255 e. The second-order valence-corrected chi connectivity index (χ2v) is 8.84. The number of nitrogen functional groups attached to an aromatic ring is 2. The highest BCUT2D eigenvalue weighted by atomic mass is 19.2. The van der Waals surface area contributed by atoms with Crippen molar-refractivity contribution in [3.05, 3.63) is 107 Å². The molecule has 0 saturated heterocycles. The highest BCUT2D eigenvalue weighted by molar-refractivity contribution is 5.99. The fraction of sp³-hybridized carbons (Fsp3) is 0.172. The zero-order valence-corrected chi connectivity index (χ0v) is 21.4. The normalized spacial score (nSPS) is 12.3. The van der Waals surface area contributed by atoms with Crippen LogP contribution in [0.5, 0.6) is 11.5 Å². The van der Waals surface area contributed by atoms with E-state index in [1.807, 2.05) is 24.3 Å². The third-order valence-electron chi connectivity index (χ3n) is 6.15. The van der Waals surface area contributed by atoms with E-state index in [9.17, 15) is 13.6 Å². The average molecular weight is 534 g/mol. The lowest BCUT2D eigenvalue weighted by atomic mass is 10.1. The number of amides is 1. The third-order valence-corrected chi connectivity index (χ3v) is 6.15. The van der Waals surface area contributed by atoms with Crippen molar-refractivity contribution in [2.45, 2.75) is 19.0 Å². The summed E-state index contributed by atoms with van der Waals surface area (Å²) in [4.78, 5) is 17.6. The first-order valence-corrected chi connectivity index (χ1v) is 12.1. The summed E-state index contributed by atoms with van der Waals surface area (Å²) >= 11 is 0. The fourth-order valence-corrected chi connectivity index (χ4v) is 3.89. The van der Waals surface area contributed by atoms with Crippen LogP contribution in [0.3, 0.4) is 0 Å². The van der Waals surface area contributed by atoms with Gasteiger partial charge in [0, 0.05) is 12.3 Å². The number of carbonyl (C=O) groups is 1. The predicted octanol–water partition coefficient (Wildman–Crippen LogP) is 5.26. The summed E-state index contributed by atoms with van der Waals surface area (Å²) < 4.78 is 38.3. The lowest BCUT2D eigenvalue weighted by Gasteiger charge is -2.23. The van der Waals surface area contributed by atoms with Crippen LogP contribution in [0.2, 0.25) is 0 Å². The van der Waals surface area contributed by atoms with Gasteiger partial charge in [-0.25, -0.2) is 13.8 Å². The van der Waals surface area contributed by atoms with Crippen molar-refractivity contribution in [1.82, 2.24) is 10.3 Å². The number of nitrogens with zero attached hydrogens (tertiary/aromatic N) is 1. The van der Waals surface area contributed by atoms with Crippen molar-refractivity contribution in [3.63, 3.8) is 0 Å². The second-order valence-electron chi connectivity index (χ2n) is 8.84. The molecule has 0 bridgehead atoms. The van der Waals surface area contributed by atoms with E-state index in [4.69, 9.17) is 20.9 Å². The smallest absolute Gasteiger partial charge is 0.255 e. The van der Waals surface area contributed by atoms with Crippen molar-refractivity contribution < 1.29 is 23.0 Å². The van der Waals surface area contributed by atoms with Gasteiger partial charge in [-0.2, -0.15) is 0 Å². The minimum Gasteiger partial charge on any atom is -0.497 e. The van der Waals surface area contributed by atoms with Gasteiger partial charge in [0.2, 0.25) is 0 Å². The van der Waals surface area contributed by atoms with E-state index in [2.05, 4.69) is 15.6 Å². The number of carbonyl (C=O) groups excluding carboxylic acids is 1. The lowest BCUT2D eigenvalue weighted by Crippen LogP contribution is -2.29. The molecule has 4 aromatic rings. The van der Waals surface area contributed by atoms with Crippen molar-refractivity contribution in [3.8, 4) is 11.5 Å². The molecule has 0 spiro atoms. The SMILES string of the molecule is COc1ccc([C@H](COc2ccc(N)c(N)c2)Nc2ncccc2C(=O)N[C@@H](C)c2ccc(F)c(F)c2)cc1. The Balaban J connectivity index is 1.56. The molecule has 2 atom stereocenters. The van der Waals surface area contributed by atoms with Gasteiger partial charge in [0.15, 0.2) is 11.6 Å². The molecule has 39 heavy (non-hydrogen) atoms. The summed E-state index contributed by atoms with van der Waals surface area (Å²) in [6.45, 7) is 1.85. The minimum atomic E-state index is -0.984. The number of hydrogen-bond acceptors (Lipinski definition) is 7. The van der Waals surface area contributed by atoms with E-state index in [1.54, 1.807) is 50.6 Å². The number of halogens is 2. The van der Waals surface area contributed by atoms with Gasteiger partial charge in [-0.05, 0) is 66.6 Å². The first-order chi connectivity index (χ1) is 18.7. The van der Waals surface area contributed by atoms with Gasteiger partial charge >= 0.3 is 0 Å². The molecular formula is C29H29F2N5O3. The van der Waals surface area contributed by atoms with E-state index in [0.717, 1.165) is 17.7 Å². The van der Waals surface area contributed by atoms with Crippen LogP contribution < -0.4 is 31.6 Å². The monoisotopic (exact) mass is 533 g/mol. The molecule has 10 heteroatoms. The molecular weight excluding hydrogens is 504 g/mol. The molecule has 0 radical (unpaired) electrons. The van der Waals surface area contributed by atoms with Crippen LogP contribution in [0.25, 0.3) is 0 Å². The molecule has 0 fully saturated rings. The van der Waals surface area contributed by atoms with Crippen molar-refractivity contribution >= 4 is 23.1 Å². The molecule has 0 saturated carbocycles. The number of anilines is 3. The maximum absolute atomic E-state index is 13.7. The van der Waals surface area contributed by atoms with Gasteiger partial charge in [-0.1, -0.05) is 18.2 Å². The van der Waals surface area contributed by atoms with Gasteiger partial charge < -0.3 is 31.6 Å². The topological polar surface area (TPSA) is 125 Å². The van der Waals surface area contributed by atoms with Crippen LogP contribution in [0, 0.1) is 11.6 Å². The molecule has 6 N–H and O–H groups in total. The zero-order valence-electron chi connectivity index (χ0n) is 21.4. The summed E-state index contributed by atoms with van der Waals surface area (Å²) in [6, 6.07) is 18.2. The molecule has 1 heterocycles. The standard InChI is InChI=1S/C29H29F2N5O3/c1-17(19-7-11-23(30)24(31)14-19)35-29(37)22-4-3-13-34-28(22)36-27(18-5-8-20(38-2)9-6-18)16-39-21-10-12-25(32)26(33)15-21/h3-15,17,27H,16,32-33H2,1-2H3,(H,34,36)(H,35,37)/t17-,27-/m0/s1. The van der Waals surface area contributed by atoms with Crippen LogP contribution in [-0.4, -0.2) is 24.6 Å². The maximum atomic E-state index is 13.7. The number of nitrogens with two attached hydrogens (primary N) is 2. The number of benzene rings is 3. The van der Waals surface area contributed by atoms with E-state index in [0.29, 0.717) is 34.3 Å². The number of aromatic nitrogens is 1. The summed E-state index contributed by atoms with van der Waals surface area (Å²) in [7, 11) is 1.58. The summed E-state index contributed by atoms with van der Waals surface area (Å²) in [5.41, 5.74) is 14.1. The van der Waals surface area contributed by atoms with Crippen molar-refractivity contribution in [2.24, 2.45) is 0 Å². The Labute approximate surface area is 225 Å². The van der Waals surface area contributed by atoms with Crippen LogP contribution in [0.4, 0.5) is 26.0 Å². The molecule has 0 unspecified atom stereocenters. The quantitative estimate of drug-likeness (QED) is 0.205. The highest BCUT2D eigenvalue weighted by Crippen LogP contribution is 2.27. The number of hydrogen-bond donors (Lipinski definition) is 4. The lowest BCUT2D eigenvalue weighted by molar-refractivity contribution is 0.0940. The molecule has 8 nitrogen and oxygen atoms in total. The number of rotatable bonds is 10. The van der Waals surface area contributed by atoms with Gasteiger partial charge in [0.05, 0.1) is 36.1 Å². The summed E-state index contributed by atoms with van der Waals surface area (Å²) in [5.74, 6) is -0.848. The van der Waals surface area contributed by atoms with Gasteiger partial charge in [-0.3, -0.25) is 4.79 Å². The summed E-state index contributed by atoms with van der Waals surface area (Å²) in [5, 5.41) is 6.12. The Kier molecular flexibility index (Phi) is 8.45. The van der Waals surface area contributed by atoms with Gasteiger partial charge in [-0.15, -0.1) is 0 Å². The Morgan fingerprint density at radius 2 is 1.64 bits per heavy atom. The first kappa shape index (κ1) is 27.2. The second kappa shape index (κ2) is 12.1. The predicted molar refractivity (Wildman–Crippen MR) is 147 cm³/mol. The molecule has 0 aliphatic carbocycles. The number of pyridine rings is 1. The zero-order chi connectivity index (χ0) is 27.9. The van der Waals surface area contributed by atoms with Crippen LogP contribution >= 0.6 is 0 Å². The molecule has 202 valence electrons. The molecule has 4 rings (SSSR count). The molecule has 1 aromatic heterocycles. The average Bonchev–Trinajstić information content (AvgIpc) is 2.94. The fourth-order valence-electron chi connectivity index (χ4n) is 3.89. The Morgan fingerprint density at radius 1 is 0.923 bits per heavy atom. The summed E-state index contributed by atoms with van der Waals surface area (Å²) in [6.07, 6.45) is 1.56. The van der Waals surface area contributed by atoms with Crippen LogP contribution in [-0.2, 0) is 0 Å². The van der Waals surface area contributed by atoms with E-state index in [1.165, 1.54) is 6.07 Å². The molecule has 0 aliphatic heterocycles. The van der Waals surface area contributed by atoms with Crippen LogP contribution in [0.1, 0.15) is 40.5 Å². The minimum absolute atomic E-state index is 0.165. The van der Waals surface area contributed by atoms with E-state index < -0.39 is 29.6 Å².